The highest BCUT2D eigenvalue weighted by molar-refractivity contribution is 6.31. The number of hydrogen-bond acceptors (Lipinski definition) is 1. The van der Waals surface area contributed by atoms with Crippen molar-refractivity contribution in [3.63, 3.8) is 0 Å². The zero-order valence-electron chi connectivity index (χ0n) is 6.82. The minimum absolute atomic E-state index is 0.750. The van der Waals surface area contributed by atoms with Crippen molar-refractivity contribution in [2.45, 2.75) is 20.3 Å². The lowest BCUT2D eigenvalue weighted by molar-refractivity contribution is 1.14. The number of halogens is 1. The van der Waals surface area contributed by atoms with E-state index in [-0.39, 0.29) is 0 Å². The summed E-state index contributed by atoms with van der Waals surface area (Å²) >= 11 is 5.86. The predicted octanol–water partition coefficient (Wildman–Crippen LogP) is 2.79. The largest absolute Gasteiger partial charge is 0.398 e. The maximum absolute atomic E-state index is 5.86. The van der Waals surface area contributed by atoms with Crippen LogP contribution < -0.4 is 5.73 Å². The molecule has 1 aromatic rings. The van der Waals surface area contributed by atoms with Gasteiger partial charge < -0.3 is 5.73 Å². The van der Waals surface area contributed by atoms with E-state index in [1.807, 2.05) is 19.1 Å². The van der Waals surface area contributed by atoms with Gasteiger partial charge in [0, 0.05) is 10.7 Å². The summed E-state index contributed by atoms with van der Waals surface area (Å²) in [6.45, 7) is 4.07. The maximum Gasteiger partial charge on any atom is 0.0455 e. The van der Waals surface area contributed by atoms with E-state index in [0.29, 0.717) is 0 Å². The monoisotopic (exact) mass is 169 g/mol. The Hall–Kier alpha value is -0.690. The molecule has 0 bridgehead atoms. The number of anilines is 1. The molecule has 11 heavy (non-hydrogen) atoms. The molecule has 0 aliphatic heterocycles. The molecule has 1 rings (SSSR count). The normalized spacial score (nSPS) is 10.1. The molecule has 0 spiro atoms. The van der Waals surface area contributed by atoms with Crippen LogP contribution in [0, 0.1) is 6.92 Å². The first-order chi connectivity index (χ1) is 5.15. The summed E-state index contributed by atoms with van der Waals surface area (Å²) in [4.78, 5) is 0. The highest BCUT2D eigenvalue weighted by Crippen LogP contribution is 2.22. The van der Waals surface area contributed by atoms with Gasteiger partial charge in [-0.2, -0.15) is 0 Å². The summed E-state index contributed by atoms with van der Waals surface area (Å²) in [5.74, 6) is 0. The molecular weight excluding hydrogens is 158 g/mol. The first-order valence-electron chi connectivity index (χ1n) is 3.69. The van der Waals surface area contributed by atoms with E-state index < -0.39 is 0 Å². The van der Waals surface area contributed by atoms with Gasteiger partial charge in [0.25, 0.3) is 0 Å². The van der Waals surface area contributed by atoms with E-state index in [1.165, 1.54) is 5.56 Å². The van der Waals surface area contributed by atoms with Gasteiger partial charge in [-0.3, -0.25) is 0 Å². The molecule has 0 amide bonds. The Morgan fingerprint density at radius 2 is 2.09 bits per heavy atom. The molecule has 1 nitrogen and oxygen atoms in total. The zero-order valence-corrected chi connectivity index (χ0v) is 7.57. The molecule has 1 aromatic carbocycles. The summed E-state index contributed by atoms with van der Waals surface area (Å²) in [7, 11) is 0. The van der Waals surface area contributed by atoms with Crippen molar-refractivity contribution in [1.82, 2.24) is 0 Å². The van der Waals surface area contributed by atoms with Crippen LogP contribution in [0.25, 0.3) is 0 Å². The van der Waals surface area contributed by atoms with Gasteiger partial charge in [-0.1, -0.05) is 24.6 Å². The van der Waals surface area contributed by atoms with Crippen LogP contribution in [0.2, 0.25) is 5.02 Å². The molecule has 60 valence electrons. The van der Waals surface area contributed by atoms with Crippen LogP contribution in [0.4, 0.5) is 5.69 Å². The fourth-order valence-electron chi connectivity index (χ4n) is 1.06. The van der Waals surface area contributed by atoms with Crippen LogP contribution >= 0.6 is 11.6 Å². The number of benzene rings is 1. The van der Waals surface area contributed by atoms with Gasteiger partial charge in [-0.05, 0) is 30.5 Å². The second-order valence-corrected chi connectivity index (χ2v) is 3.06. The number of nitrogen functional groups attached to an aromatic ring is 1. The summed E-state index contributed by atoms with van der Waals surface area (Å²) < 4.78 is 0. The molecule has 0 saturated heterocycles. The van der Waals surface area contributed by atoms with Gasteiger partial charge in [0.2, 0.25) is 0 Å². The minimum atomic E-state index is 0.750. The number of nitrogens with two attached hydrogens (primary N) is 1. The second-order valence-electron chi connectivity index (χ2n) is 2.65. The summed E-state index contributed by atoms with van der Waals surface area (Å²) in [6.07, 6.45) is 0.962. The lowest BCUT2D eigenvalue weighted by atomic mass is 10.1. The van der Waals surface area contributed by atoms with Gasteiger partial charge in [-0.25, -0.2) is 0 Å². The minimum Gasteiger partial charge on any atom is -0.398 e. The SMILES string of the molecule is CCc1cc(C)c(Cl)cc1N. The Kier molecular flexibility index (Phi) is 2.40. The first-order valence-corrected chi connectivity index (χ1v) is 4.07. The second kappa shape index (κ2) is 3.14. The van der Waals surface area contributed by atoms with E-state index in [0.717, 1.165) is 22.7 Å². The highest BCUT2D eigenvalue weighted by atomic mass is 35.5. The molecule has 0 heterocycles. The summed E-state index contributed by atoms with van der Waals surface area (Å²) in [5, 5.41) is 0.750. The molecule has 0 unspecified atom stereocenters. The van der Waals surface area contributed by atoms with Crippen molar-refractivity contribution < 1.29 is 0 Å². The summed E-state index contributed by atoms with van der Waals surface area (Å²) in [6, 6.07) is 3.85. The summed E-state index contributed by atoms with van der Waals surface area (Å²) in [5.41, 5.74) is 8.78. The van der Waals surface area contributed by atoms with E-state index in [9.17, 15) is 0 Å². The van der Waals surface area contributed by atoms with Crippen LogP contribution in [0.15, 0.2) is 12.1 Å². The molecule has 2 N–H and O–H groups in total. The van der Waals surface area contributed by atoms with E-state index >= 15 is 0 Å². The van der Waals surface area contributed by atoms with Crippen molar-refractivity contribution in [2.75, 3.05) is 5.73 Å². The smallest absolute Gasteiger partial charge is 0.0455 e. The third kappa shape index (κ3) is 1.66. The molecule has 0 aliphatic carbocycles. The standard InChI is InChI=1S/C9H12ClN/c1-3-7-4-6(2)8(10)5-9(7)11/h4-5H,3,11H2,1-2H3. The number of hydrogen-bond donors (Lipinski definition) is 1. The lowest BCUT2D eigenvalue weighted by Crippen LogP contribution is -1.93. The van der Waals surface area contributed by atoms with Crippen molar-refractivity contribution >= 4 is 17.3 Å². The molecule has 0 atom stereocenters. The van der Waals surface area contributed by atoms with E-state index in [4.69, 9.17) is 17.3 Å². The average molecular weight is 170 g/mol. The van der Waals surface area contributed by atoms with Gasteiger partial charge in [0.15, 0.2) is 0 Å². The third-order valence-corrected chi connectivity index (χ3v) is 2.21. The zero-order chi connectivity index (χ0) is 8.43. The first kappa shape index (κ1) is 8.41. The Labute approximate surface area is 72.2 Å². The lowest BCUT2D eigenvalue weighted by Gasteiger charge is -2.05. The van der Waals surface area contributed by atoms with Gasteiger partial charge in [-0.15, -0.1) is 0 Å². The molecule has 0 radical (unpaired) electrons. The van der Waals surface area contributed by atoms with E-state index in [1.54, 1.807) is 0 Å². The van der Waals surface area contributed by atoms with Gasteiger partial charge in [0.1, 0.15) is 0 Å². The Bertz CT molecular complexity index is 269. The Balaban J connectivity index is 3.21. The molecule has 0 saturated carbocycles. The fourth-order valence-corrected chi connectivity index (χ4v) is 1.23. The Morgan fingerprint density at radius 3 is 2.64 bits per heavy atom. The van der Waals surface area contributed by atoms with Crippen LogP contribution in [0.1, 0.15) is 18.1 Å². The molecular formula is C9H12ClN. The predicted molar refractivity (Wildman–Crippen MR) is 50.0 cm³/mol. The third-order valence-electron chi connectivity index (χ3n) is 1.80. The van der Waals surface area contributed by atoms with Crippen LogP contribution in [-0.4, -0.2) is 0 Å². The molecule has 0 aromatic heterocycles. The average Bonchev–Trinajstić information content (AvgIpc) is 1.97. The van der Waals surface area contributed by atoms with Crippen molar-refractivity contribution in [3.05, 3.63) is 28.3 Å². The van der Waals surface area contributed by atoms with Crippen LogP contribution in [0.3, 0.4) is 0 Å². The Morgan fingerprint density at radius 1 is 1.45 bits per heavy atom. The number of aryl methyl sites for hydroxylation is 2. The quantitative estimate of drug-likeness (QED) is 0.643. The van der Waals surface area contributed by atoms with Gasteiger partial charge in [0.05, 0.1) is 0 Å². The maximum atomic E-state index is 5.86. The topological polar surface area (TPSA) is 26.0 Å². The van der Waals surface area contributed by atoms with Crippen molar-refractivity contribution in [3.8, 4) is 0 Å². The highest BCUT2D eigenvalue weighted by Gasteiger charge is 2.00. The molecule has 0 aliphatic rings. The fraction of sp³-hybridized carbons (Fsp3) is 0.333. The van der Waals surface area contributed by atoms with Crippen molar-refractivity contribution in [1.29, 1.82) is 0 Å². The number of rotatable bonds is 1. The molecule has 2 heteroatoms. The van der Waals surface area contributed by atoms with Crippen LogP contribution in [-0.2, 0) is 6.42 Å². The van der Waals surface area contributed by atoms with Gasteiger partial charge >= 0.3 is 0 Å². The van der Waals surface area contributed by atoms with E-state index in [2.05, 4.69) is 6.92 Å². The molecule has 0 fully saturated rings. The van der Waals surface area contributed by atoms with Crippen LogP contribution in [0.5, 0.6) is 0 Å². The van der Waals surface area contributed by atoms with Crippen molar-refractivity contribution in [2.24, 2.45) is 0 Å².